The van der Waals surface area contributed by atoms with E-state index in [1.807, 2.05) is 4.90 Å². The first kappa shape index (κ1) is 20.0. The molecule has 156 valence electrons. The summed E-state index contributed by atoms with van der Waals surface area (Å²) in [6, 6.07) is 6.50. The van der Waals surface area contributed by atoms with E-state index in [1.54, 1.807) is 24.3 Å². The van der Waals surface area contributed by atoms with Crippen molar-refractivity contribution in [2.24, 2.45) is 5.92 Å². The zero-order valence-corrected chi connectivity index (χ0v) is 17.2. The third kappa shape index (κ3) is 4.32. The number of aromatic nitrogens is 4. The third-order valence-corrected chi connectivity index (χ3v) is 7.72. The molecule has 0 N–H and O–H groups in total. The SMILES string of the molecule is O=C(C1CCN(S(=O)(=O)c2ccc(-n3cnnn3)cc2)CC1)N1CCCCCC1. The average molecular weight is 419 g/mol. The number of sulfonamides is 1. The van der Waals surface area contributed by atoms with Crippen molar-refractivity contribution in [2.45, 2.75) is 43.4 Å². The summed E-state index contributed by atoms with van der Waals surface area (Å²) in [5.41, 5.74) is 0.690. The van der Waals surface area contributed by atoms with Crippen LogP contribution in [0.15, 0.2) is 35.5 Å². The zero-order valence-electron chi connectivity index (χ0n) is 16.4. The number of piperidine rings is 1. The Morgan fingerprint density at radius 2 is 1.59 bits per heavy atom. The number of hydrogen-bond acceptors (Lipinski definition) is 6. The maximum Gasteiger partial charge on any atom is 0.243 e. The van der Waals surface area contributed by atoms with Gasteiger partial charge in [-0.1, -0.05) is 12.8 Å². The summed E-state index contributed by atoms with van der Waals surface area (Å²) >= 11 is 0. The molecule has 2 aromatic rings. The Morgan fingerprint density at radius 1 is 0.931 bits per heavy atom. The summed E-state index contributed by atoms with van der Waals surface area (Å²) in [5, 5.41) is 11.0. The second-order valence-electron chi connectivity index (χ2n) is 7.67. The Morgan fingerprint density at radius 3 is 2.17 bits per heavy atom. The van der Waals surface area contributed by atoms with E-state index in [4.69, 9.17) is 0 Å². The van der Waals surface area contributed by atoms with Crippen molar-refractivity contribution in [3.8, 4) is 5.69 Å². The highest BCUT2D eigenvalue weighted by molar-refractivity contribution is 7.89. The Hall–Kier alpha value is -2.33. The van der Waals surface area contributed by atoms with Gasteiger partial charge in [0.15, 0.2) is 0 Å². The van der Waals surface area contributed by atoms with E-state index in [9.17, 15) is 13.2 Å². The molecule has 9 nitrogen and oxygen atoms in total. The fourth-order valence-corrected chi connectivity index (χ4v) is 5.56. The van der Waals surface area contributed by atoms with Crippen molar-refractivity contribution >= 4 is 15.9 Å². The lowest BCUT2D eigenvalue weighted by Crippen LogP contribution is -2.44. The molecule has 29 heavy (non-hydrogen) atoms. The van der Waals surface area contributed by atoms with E-state index in [2.05, 4.69) is 15.5 Å². The fourth-order valence-electron chi connectivity index (χ4n) is 4.09. The van der Waals surface area contributed by atoms with Gasteiger partial charge in [0.2, 0.25) is 15.9 Å². The van der Waals surface area contributed by atoms with E-state index in [-0.39, 0.29) is 16.7 Å². The molecule has 1 aromatic heterocycles. The van der Waals surface area contributed by atoms with Gasteiger partial charge in [-0.3, -0.25) is 4.79 Å². The molecule has 2 aliphatic heterocycles. The van der Waals surface area contributed by atoms with Crippen LogP contribution in [-0.2, 0) is 14.8 Å². The first-order chi connectivity index (χ1) is 14.1. The molecule has 10 heteroatoms. The van der Waals surface area contributed by atoms with Gasteiger partial charge in [0.05, 0.1) is 10.6 Å². The van der Waals surface area contributed by atoms with Gasteiger partial charge in [-0.05, 0) is 60.4 Å². The highest BCUT2D eigenvalue weighted by Crippen LogP contribution is 2.26. The molecule has 2 aliphatic rings. The van der Waals surface area contributed by atoms with Gasteiger partial charge in [-0.2, -0.15) is 4.31 Å². The molecule has 3 heterocycles. The number of hydrogen-bond donors (Lipinski definition) is 0. The highest BCUT2D eigenvalue weighted by Gasteiger charge is 2.33. The summed E-state index contributed by atoms with van der Waals surface area (Å²) in [6.07, 6.45) is 7.13. The van der Waals surface area contributed by atoms with Crippen molar-refractivity contribution in [1.29, 1.82) is 0 Å². The third-order valence-electron chi connectivity index (χ3n) is 5.81. The average Bonchev–Trinajstić information content (AvgIpc) is 3.16. The predicted molar refractivity (Wildman–Crippen MR) is 106 cm³/mol. The van der Waals surface area contributed by atoms with E-state index >= 15 is 0 Å². The van der Waals surface area contributed by atoms with Gasteiger partial charge in [0.25, 0.3) is 0 Å². The molecule has 1 aromatic carbocycles. The molecule has 0 spiro atoms. The molecule has 2 saturated heterocycles. The highest BCUT2D eigenvalue weighted by atomic mass is 32.2. The Balaban J connectivity index is 1.39. The van der Waals surface area contributed by atoms with Gasteiger partial charge in [0.1, 0.15) is 6.33 Å². The van der Waals surface area contributed by atoms with Crippen LogP contribution in [0, 0.1) is 5.92 Å². The normalized spacial score (nSPS) is 19.8. The first-order valence-corrected chi connectivity index (χ1v) is 11.6. The molecule has 1 amide bonds. The van der Waals surface area contributed by atoms with E-state index in [0.29, 0.717) is 31.6 Å². The molecule has 0 aliphatic carbocycles. The molecular formula is C19H26N6O3S. The number of likely N-dealkylation sites (tertiary alicyclic amines) is 1. The standard InChI is InChI=1S/C19H26N6O3S/c26-19(23-11-3-1-2-4-12-23)16-9-13-24(14-10-16)29(27,28)18-7-5-17(6-8-18)25-15-20-21-22-25/h5-8,15-16H,1-4,9-14H2. The lowest BCUT2D eigenvalue weighted by molar-refractivity contribution is -0.136. The van der Waals surface area contributed by atoms with Gasteiger partial charge in [-0.25, -0.2) is 13.1 Å². The molecule has 0 unspecified atom stereocenters. The second kappa shape index (κ2) is 8.58. The Kier molecular flexibility index (Phi) is 5.91. The van der Waals surface area contributed by atoms with Crippen molar-refractivity contribution < 1.29 is 13.2 Å². The number of benzene rings is 1. The van der Waals surface area contributed by atoms with Crippen molar-refractivity contribution in [3.05, 3.63) is 30.6 Å². The van der Waals surface area contributed by atoms with Gasteiger partial charge >= 0.3 is 0 Å². The number of carbonyl (C=O) groups excluding carboxylic acids is 1. The molecule has 4 rings (SSSR count). The lowest BCUT2D eigenvalue weighted by Gasteiger charge is -2.33. The van der Waals surface area contributed by atoms with Crippen molar-refractivity contribution in [1.82, 2.24) is 29.4 Å². The fraction of sp³-hybridized carbons (Fsp3) is 0.579. The summed E-state index contributed by atoms with van der Waals surface area (Å²) in [6.45, 7) is 2.43. The number of rotatable bonds is 4. The monoisotopic (exact) mass is 418 g/mol. The lowest BCUT2D eigenvalue weighted by atomic mass is 9.96. The molecule has 0 atom stereocenters. The van der Waals surface area contributed by atoms with Crippen LogP contribution in [-0.4, -0.2) is 69.9 Å². The molecule has 0 radical (unpaired) electrons. The van der Waals surface area contributed by atoms with Gasteiger partial charge in [-0.15, -0.1) is 5.10 Å². The largest absolute Gasteiger partial charge is 0.342 e. The zero-order chi connectivity index (χ0) is 20.3. The topological polar surface area (TPSA) is 101 Å². The predicted octanol–water partition coefficient (Wildman–Crippen LogP) is 1.47. The summed E-state index contributed by atoms with van der Waals surface area (Å²) in [4.78, 5) is 15.0. The summed E-state index contributed by atoms with van der Waals surface area (Å²) in [5.74, 6) is 0.136. The number of amides is 1. The van der Waals surface area contributed by atoms with Crippen molar-refractivity contribution in [3.63, 3.8) is 0 Å². The summed E-state index contributed by atoms with van der Waals surface area (Å²) in [7, 11) is -3.58. The van der Waals surface area contributed by atoms with E-state index in [1.165, 1.54) is 28.2 Å². The van der Waals surface area contributed by atoms with Gasteiger partial charge < -0.3 is 4.90 Å². The molecule has 0 bridgehead atoms. The van der Waals surface area contributed by atoms with Crippen LogP contribution in [0.5, 0.6) is 0 Å². The molecular weight excluding hydrogens is 392 g/mol. The Bertz CT molecular complexity index is 913. The first-order valence-electron chi connectivity index (χ1n) is 10.2. The van der Waals surface area contributed by atoms with Crippen LogP contribution in [0.4, 0.5) is 0 Å². The van der Waals surface area contributed by atoms with Crippen LogP contribution in [0.1, 0.15) is 38.5 Å². The maximum atomic E-state index is 13.0. The van der Waals surface area contributed by atoms with Crippen LogP contribution in [0.25, 0.3) is 5.69 Å². The van der Waals surface area contributed by atoms with E-state index < -0.39 is 10.0 Å². The number of carbonyl (C=O) groups is 1. The van der Waals surface area contributed by atoms with E-state index in [0.717, 1.165) is 25.9 Å². The minimum Gasteiger partial charge on any atom is -0.342 e. The van der Waals surface area contributed by atoms with Crippen LogP contribution >= 0.6 is 0 Å². The summed E-state index contributed by atoms with van der Waals surface area (Å²) < 4.78 is 28.9. The minimum atomic E-state index is -3.58. The quantitative estimate of drug-likeness (QED) is 0.745. The Labute approximate surface area is 170 Å². The number of tetrazole rings is 1. The van der Waals surface area contributed by atoms with Crippen LogP contribution < -0.4 is 0 Å². The molecule has 2 fully saturated rings. The maximum absolute atomic E-state index is 13.0. The molecule has 0 saturated carbocycles. The smallest absolute Gasteiger partial charge is 0.243 e. The van der Waals surface area contributed by atoms with Crippen LogP contribution in [0.2, 0.25) is 0 Å². The van der Waals surface area contributed by atoms with Crippen LogP contribution in [0.3, 0.4) is 0 Å². The van der Waals surface area contributed by atoms with Gasteiger partial charge in [0, 0.05) is 32.1 Å². The second-order valence-corrected chi connectivity index (χ2v) is 9.60. The minimum absolute atomic E-state index is 0.0678. The number of nitrogens with zero attached hydrogens (tertiary/aromatic N) is 6. The van der Waals surface area contributed by atoms with Crippen molar-refractivity contribution in [2.75, 3.05) is 26.2 Å².